The molecule has 1 atom stereocenters. The lowest BCUT2D eigenvalue weighted by molar-refractivity contribution is -0.153. The van der Waals surface area contributed by atoms with Crippen molar-refractivity contribution in [1.82, 2.24) is 5.32 Å². The van der Waals surface area contributed by atoms with E-state index in [9.17, 15) is 4.79 Å². The average molecular weight is 273 g/mol. The maximum absolute atomic E-state index is 12.2. The summed E-state index contributed by atoms with van der Waals surface area (Å²) in [6, 6.07) is 0.204. The van der Waals surface area contributed by atoms with Gasteiger partial charge in [-0.25, -0.2) is 4.79 Å². The third-order valence-corrected chi connectivity index (χ3v) is 3.28. The molecular formula is C14H27NO4. The third-order valence-electron chi connectivity index (χ3n) is 3.28. The van der Waals surface area contributed by atoms with Gasteiger partial charge in [0.1, 0.15) is 5.54 Å². The highest BCUT2D eigenvalue weighted by atomic mass is 16.5. The Labute approximate surface area is 116 Å². The second-order valence-electron chi connectivity index (χ2n) is 5.29. The smallest absolute Gasteiger partial charge is 0.328 e. The molecule has 1 aliphatic carbocycles. The normalized spacial score (nSPS) is 18.4. The summed E-state index contributed by atoms with van der Waals surface area (Å²) in [5.41, 5.74) is -0.699. The van der Waals surface area contributed by atoms with Gasteiger partial charge in [-0.05, 0) is 39.5 Å². The van der Waals surface area contributed by atoms with Crippen LogP contribution in [-0.4, -0.2) is 51.1 Å². The molecule has 1 N–H and O–H groups in total. The highest BCUT2D eigenvalue weighted by molar-refractivity contribution is 5.82. The van der Waals surface area contributed by atoms with Crippen molar-refractivity contribution in [3.8, 4) is 0 Å². The van der Waals surface area contributed by atoms with Gasteiger partial charge in [0.25, 0.3) is 0 Å². The lowest BCUT2D eigenvalue weighted by Gasteiger charge is -2.34. The van der Waals surface area contributed by atoms with Crippen LogP contribution in [0, 0.1) is 5.92 Å². The number of carbonyl (C=O) groups excluding carboxylic acids is 1. The fourth-order valence-electron chi connectivity index (χ4n) is 2.33. The maximum atomic E-state index is 12.2. The molecule has 0 heterocycles. The fraction of sp³-hybridized carbons (Fsp3) is 0.929. The van der Waals surface area contributed by atoms with Crippen molar-refractivity contribution in [3.05, 3.63) is 0 Å². The van der Waals surface area contributed by atoms with Crippen LogP contribution in [0.25, 0.3) is 0 Å². The van der Waals surface area contributed by atoms with Crippen LogP contribution in [0.3, 0.4) is 0 Å². The molecule has 5 heteroatoms. The van der Waals surface area contributed by atoms with Crippen LogP contribution < -0.4 is 5.32 Å². The zero-order valence-electron chi connectivity index (χ0n) is 12.5. The van der Waals surface area contributed by atoms with Gasteiger partial charge in [0.05, 0.1) is 26.9 Å². The number of rotatable bonds is 10. The van der Waals surface area contributed by atoms with Gasteiger partial charge >= 0.3 is 5.97 Å². The Morgan fingerprint density at radius 2 is 1.95 bits per heavy atom. The number of hydrogen-bond donors (Lipinski definition) is 1. The van der Waals surface area contributed by atoms with E-state index in [1.54, 1.807) is 0 Å². The quantitative estimate of drug-likeness (QED) is 0.481. The summed E-state index contributed by atoms with van der Waals surface area (Å²) < 4.78 is 15.9. The molecule has 0 aromatic carbocycles. The second kappa shape index (κ2) is 7.82. The minimum atomic E-state index is -0.699. The van der Waals surface area contributed by atoms with Crippen molar-refractivity contribution in [1.29, 1.82) is 0 Å². The predicted octanol–water partition coefficient (Wildman–Crippen LogP) is 1.36. The summed E-state index contributed by atoms with van der Waals surface area (Å²) in [4.78, 5) is 12.2. The molecule has 0 spiro atoms. The lowest BCUT2D eigenvalue weighted by atomic mass is 9.93. The van der Waals surface area contributed by atoms with Gasteiger partial charge in [-0.15, -0.1) is 0 Å². The van der Waals surface area contributed by atoms with Crippen molar-refractivity contribution in [2.45, 2.75) is 45.2 Å². The second-order valence-corrected chi connectivity index (χ2v) is 5.29. The van der Waals surface area contributed by atoms with E-state index in [1.807, 2.05) is 20.8 Å². The number of hydrogen-bond acceptors (Lipinski definition) is 5. The Balaban J connectivity index is 2.59. The van der Waals surface area contributed by atoms with Crippen LogP contribution in [-0.2, 0) is 19.0 Å². The minimum absolute atomic E-state index is 0.204. The van der Waals surface area contributed by atoms with E-state index in [-0.39, 0.29) is 12.0 Å². The van der Waals surface area contributed by atoms with Gasteiger partial charge in [-0.3, -0.25) is 5.32 Å². The summed E-state index contributed by atoms with van der Waals surface area (Å²) in [5, 5.41) is 3.36. The fourth-order valence-corrected chi connectivity index (χ4v) is 2.33. The molecule has 1 rings (SSSR count). The number of methoxy groups -OCH3 is 1. The van der Waals surface area contributed by atoms with E-state index in [2.05, 4.69) is 5.32 Å². The largest absolute Gasteiger partial charge is 0.468 e. The van der Waals surface area contributed by atoms with Crippen LogP contribution in [0.4, 0.5) is 0 Å². The Morgan fingerprint density at radius 1 is 1.32 bits per heavy atom. The standard InChI is InChI=1S/C14H27NO4/c1-5-18-8-9-19-10-14(12-6-7-12,13(16)17-4)15-11(2)3/h11-12,15H,5-10H2,1-4H3. The number of carbonyl (C=O) groups is 1. The van der Waals surface area contributed by atoms with Gasteiger partial charge in [-0.1, -0.05) is 0 Å². The van der Waals surface area contributed by atoms with E-state index in [1.165, 1.54) is 7.11 Å². The molecule has 0 aromatic rings. The Morgan fingerprint density at radius 3 is 2.42 bits per heavy atom. The topological polar surface area (TPSA) is 56.8 Å². The first-order valence-electron chi connectivity index (χ1n) is 7.08. The van der Waals surface area contributed by atoms with Gasteiger partial charge in [0.15, 0.2) is 0 Å². The van der Waals surface area contributed by atoms with Crippen LogP contribution in [0.5, 0.6) is 0 Å². The van der Waals surface area contributed by atoms with E-state index >= 15 is 0 Å². The zero-order valence-corrected chi connectivity index (χ0v) is 12.5. The molecule has 1 saturated carbocycles. The third kappa shape index (κ3) is 4.75. The molecular weight excluding hydrogens is 246 g/mol. The number of nitrogens with one attached hydrogen (secondary N) is 1. The first-order chi connectivity index (χ1) is 9.06. The molecule has 0 bridgehead atoms. The van der Waals surface area contributed by atoms with Crippen LogP contribution in [0.1, 0.15) is 33.6 Å². The van der Waals surface area contributed by atoms with Gasteiger partial charge in [0, 0.05) is 12.6 Å². The van der Waals surface area contributed by atoms with Gasteiger partial charge < -0.3 is 14.2 Å². The predicted molar refractivity (Wildman–Crippen MR) is 73.1 cm³/mol. The van der Waals surface area contributed by atoms with Gasteiger partial charge in [0.2, 0.25) is 0 Å². The Hall–Kier alpha value is -0.650. The van der Waals surface area contributed by atoms with Crippen molar-refractivity contribution in [3.63, 3.8) is 0 Å². The van der Waals surface area contributed by atoms with Crippen molar-refractivity contribution in [2.24, 2.45) is 5.92 Å². The first kappa shape index (κ1) is 16.4. The maximum Gasteiger partial charge on any atom is 0.328 e. The molecule has 1 fully saturated rings. The minimum Gasteiger partial charge on any atom is -0.468 e. The Bertz CT molecular complexity index is 279. The molecule has 1 unspecified atom stereocenters. The first-order valence-corrected chi connectivity index (χ1v) is 7.08. The van der Waals surface area contributed by atoms with Gasteiger partial charge in [-0.2, -0.15) is 0 Å². The van der Waals surface area contributed by atoms with Crippen molar-refractivity contribution in [2.75, 3.05) is 33.5 Å². The zero-order chi connectivity index (χ0) is 14.3. The molecule has 5 nitrogen and oxygen atoms in total. The molecule has 1 aliphatic rings. The van der Waals surface area contributed by atoms with E-state index in [0.717, 1.165) is 12.8 Å². The molecule has 0 saturated heterocycles. The summed E-state index contributed by atoms with van der Waals surface area (Å²) >= 11 is 0. The number of esters is 1. The highest BCUT2D eigenvalue weighted by Crippen LogP contribution is 2.41. The molecule has 19 heavy (non-hydrogen) atoms. The molecule has 0 amide bonds. The molecule has 0 aromatic heterocycles. The van der Waals surface area contributed by atoms with Crippen molar-refractivity contribution < 1.29 is 19.0 Å². The van der Waals surface area contributed by atoms with E-state index in [0.29, 0.717) is 32.3 Å². The average Bonchev–Trinajstić information content (AvgIpc) is 3.20. The van der Waals surface area contributed by atoms with Crippen LogP contribution in [0.2, 0.25) is 0 Å². The van der Waals surface area contributed by atoms with E-state index < -0.39 is 5.54 Å². The monoisotopic (exact) mass is 273 g/mol. The molecule has 0 aliphatic heterocycles. The SMILES string of the molecule is CCOCCOCC(NC(C)C)(C(=O)OC)C1CC1. The lowest BCUT2D eigenvalue weighted by Crippen LogP contribution is -2.60. The van der Waals surface area contributed by atoms with Crippen molar-refractivity contribution >= 4 is 5.97 Å². The van der Waals surface area contributed by atoms with E-state index in [4.69, 9.17) is 14.2 Å². The summed E-state index contributed by atoms with van der Waals surface area (Å²) in [5.74, 6) is 0.0922. The highest BCUT2D eigenvalue weighted by Gasteiger charge is 2.52. The summed E-state index contributed by atoms with van der Waals surface area (Å²) in [6.45, 7) is 8.08. The van der Waals surface area contributed by atoms with Crippen LogP contribution >= 0.6 is 0 Å². The molecule has 0 radical (unpaired) electrons. The Kier molecular flexibility index (Phi) is 6.75. The summed E-state index contributed by atoms with van der Waals surface area (Å²) in [6.07, 6.45) is 2.09. The van der Waals surface area contributed by atoms with Crippen LogP contribution in [0.15, 0.2) is 0 Å². The number of ether oxygens (including phenoxy) is 3. The summed E-state index contributed by atoms with van der Waals surface area (Å²) in [7, 11) is 1.43. The molecule has 112 valence electrons.